The molecule has 10 nitrogen and oxygen atoms in total. The number of nitrogens with zero attached hydrogens (tertiary/aromatic N) is 4. The van der Waals surface area contributed by atoms with E-state index in [1.807, 2.05) is 4.90 Å². The Balaban J connectivity index is 2.24. The van der Waals surface area contributed by atoms with Crippen LogP contribution in [-0.2, 0) is 14.8 Å². The van der Waals surface area contributed by atoms with Crippen molar-refractivity contribution in [3.05, 3.63) is 28.3 Å². The Morgan fingerprint density at radius 1 is 1.38 bits per heavy atom. The topological polar surface area (TPSA) is 134 Å². The summed E-state index contributed by atoms with van der Waals surface area (Å²) in [5, 5.41) is 16.1. The van der Waals surface area contributed by atoms with Crippen LogP contribution >= 0.6 is 0 Å². The van der Waals surface area contributed by atoms with E-state index in [-0.39, 0.29) is 16.4 Å². The lowest BCUT2D eigenvalue weighted by Crippen LogP contribution is -2.41. The predicted molar refractivity (Wildman–Crippen MR) is 84.9 cm³/mol. The Morgan fingerprint density at radius 3 is 2.62 bits per heavy atom. The maximum absolute atomic E-state index is 12.0. The van der Waals surface area contributed by atoms with E-state index < -0.39 is 21.1 Å². The molecule has 2 heterocycles. The average molecular weight is 355 g/mol. The van der Waals surface area contributed by atoms with Gasteiger partial charge in [0.15, 0.2) is 5.52 Å². The summed E-state index contributed by atoms with van der Waals surface area (Å²) in [6.07, 6.45) is -0.394. The Kier molecular flexibility index (Phi) is 4.25. The molecule has 1 aromatic heterocycles. The average Bonchev–Trinajstić information content (AvgIpc) is 2.94. The van der Waals surface area contributed by atoms with Crippen molar-refractivity contribution in [3.8, 4) is 0 Å². The standard InChI is InChI=1S/C13H17N5O5S/c1-9(16-5-7-23-8-6-16)17-10-3-2-4-11(18(19)20)12(10)15-13(17)24(14,21)22/h2-4,9H,5-8H2,1H3,(H2,14,21,22). The summed E-state index contributed by atoms with van der Waals surface area (Å²) in [5.74, 6) is 0. The highest BCUT2D eigenvalue weighted by Gasteiger charge is 2.30. The fourth-order valence-electron chi connectivity index (χ4n) is 2.90. The molecule has 1 saturated heterocycles. The summed E-state index contributed by atoms with van der Waals surface area (Å²) in [6, 6.07) is 4.38. The number of non-ortho nitro benzene ring substituents is 1. The summed E-state index contributed by atoms with van der Waals surface area (Å²) in [6.45, 7) is 4.09. The number of rotatable bonds is 4. The van der Waals surface area contributed by atoms with E-state index in [1.165, 1.54) is 16.7 Å². The number of nitrogens with two attached hydrogens (primary N) is 1. The minimum absolute atomic E-state index is 0.00614. The van der Waals surface area contributed by atoms with Crippen molar-refractivity contribution in [2.24, 2.45) is 5.14 Å². The van der Waals surface area contributed by atoms with E-state index in [4.69, 9.17) is 9.88 Å². The molecule has 130 valence electrons. The molecule has 11 heteroatoms. The second-order valence-corrected chi connectivity index (χ2v) is 6.95. The van der Waals surface area contributed by atoms with Crippen LogP contribution in [0.5, 0.6) is 0 Å². The number of para-hydroxylation sites is 1. The lowest BCUT2D eigenvalue weighted by atomic mass is 10.2. The highest BCUT2D eigenvalue weighted by Crippen LogP contribution is 2.31. The zero-order chi connectivity index (χ0) is 17.5. The summed E-state index contributed by atoms with van der Waals surface area (Å²) >= 11 is 0. The van der Waals surface area contributed by atoms with Gasteiger partial charge in [-0.25, -0.2) is 18.5 Å². The van der Waals surface area contributed by atoms with Crippen LogP contribution in [0.15, 0.2) is 23.4 Å². The van der Waals surface area contributed by atoms with Gasteiger partial charge in [-0.1, -0.05) is 6.07 Å². The molecule has 24 heavy (non-hydrogen) atoms. The van der Waals surface area contributed by atoms with E-state index in [1.54, 1.807) is 13.0 Å². The van der Waals surface area contributed by atoms with Gasteiger partial charge in [-0.2, -0.15) is 0 Å². The molecule has 0 amide bonds. The van der Waals surface area contributed by atoms with Gasteiger partial charge in [-0.05, 0) is 13.0 Å². The molecule has 1 unspecified atom stereocenters. The molecule has 0 aliphatic carbocycles. The maximum atomic E-state index is 12.0. The van der Waals surface area contributed by atoms with Gasteiger partial charge in [0.05, 0.1) is 29.8 Å². The molecule has 0 radical (unpaired) electrons. The molecule has 0 saturated carbocycles. The smallest absolute Gasteiger partial charge is 0.297 e. The lowest BCUT2D eigenvalue weighted by Gasteiger charge is -2.33. The predicted octanol–water partition coefficient (Wildman–Crippen LogP) is 0.443. The van der Waals surface area contributed by atoms with Gasteiger partial charge in [0, 0.05) is 19.2 Å². The highest BCUT2D eigenvalue weighted by atomic mass is 32.2. The van der Waals surface area contributed by atoms with Crippen LogP contribution in [0.2, 0.25) is 0 Å². The molecular formula is C13H17N5O5S. The maximum Gasteiger partial charge on any atom is 0.297 e. The van der Waals surface area contributed by atoms with Crippen molar-refractivity contribution >= 4 is 26.7 Å². The number of nitro benzene ring substituents is 1. The molecule has 1 aliphatic rings. The quantitative estimate of drug-likeness (QED) is 0.621. The van der Waals surface area contributed by atoms with Gasteiger partial charge in [-0.15, -0.1) is 0 Å². The van der Waals surface area contributed by atoms with E-state index in [9.17, 15) is 18.5 Å². The zero-order valence-corrected chi connectivity index (χ0v) is 13.8. The number of sulfonamides is 1. The molecule has 2 N–H and O–H groups in total. The number of imidazole rings is 1. The van der Waals surface area contributed by atoms with Gasteiger partial charge in [0.25, 0.3) is 15.7 Å². The van der Waals surface area contributed by atoms with Gasteiger partial charge in [0.1, 0.15) is 0 Å². The van der Waals surface area contributed by atoms with Crippen molar-refractivity contribution in [1.82, 2.24) is 14.5 Å². The van der Waals surface area contributed by atoms with Crippen LogP contribution in [0.4, 0.5) is 5.69 Å². The van der Waals surface area contributed by atoms with Crippen LogP contribution in [0.25, 0.3) is 11.0 Å². The summed E-state index contributed by atoms with van der Waals surface area (Å²) in [4.78, 5) is 16.6. The minimum atomic E-state index is -4.15. The first-order chi connectivity index (χ1) is 11.3. The van der Waals surface area contributed by atoms with Gasteiger partial charge in [0.2, 0.25) is 5.16 Å². The number of morpholine rings is 1. The highest BCUT2D eigenvalue weighted by molar-refractivity contribution is 7.89. The number of ether oxygens (including phenoxy) is 1. The van der Waals surface area contributed by atoms with Crippen molar-refractivity contribution < 1.29 is 18.1 Å². The van der Waals surface area contributed by atoms with E-state index >= 15 is 0 Å². The second-order valence-electron chi connectivity index (χ2n) is 5.49. The molecule has 1 atom stereocenters. The Bertz CT molecular complexity index is 888. The molecule has 1 aliphatic heterocycles. The van der Waals surface area contributed by atoms with Crippen molar-refractivity contribution in [3.63, 3.8) is 0 Å². The monoisotopic (exact) mass is 355 g/mol. The summed E-state index contributed by atoms with van der Waals surface area (Å²) in [5.41, 5.74) is 0.101. The number of aromatic nitrogens is 2. The number of hydrogen-bond donors (Lipinski definition) is 1. The van der Waals surface area contributed by atoms with Crippen LogP contribution in [-0.4, -0.2) is 54.1 Å². The van der Waals surface area contributed by atoms with Crippen LogP contribution in [0, 0.1) is 10.1 Å². The third-order valence-corrected chi connectivity index (χ3v) is 4.86. The number of nitro groups is 1. The molecule has 3 rings (SSSR count). The number of benzene rings is 1. The Morgan fingerprint density at radius 2 is 2.04 bits per heavy atom. The van der Waals surface area contributed by atoms with E-state index in [0.29, 0.717) is 31.8 Å². The first kappa shape index (κ1) is 16.8. The van der Waals surface area contributed by atoms with Gasteiger partial charge in [-0.3, -0.25) is 19.6 Å². The van der Waals surface area contributed by atoms with Crippen molar-refractivity contribution in [1.29, 1.82) is 0 Å². The first-order valence-electron chi connectivity index (χ1n) is 7.30. The Labute approximate surface area is 138 Å². The van der Waals surface area contributed by atoms with E-state index in [0.717, 1.165) is 0 Å². The normalized spacial score (nSPS) is 17.9. The number of primary sulfonamides is 1. The van der Waals surface area contributed by atoms with E-state index in [2.05, 4.69) is 4.98 Å². The van der Waals surface area contributed by atoms with Gasteiger partial charge < -0.3 is 4.74 Å². The van der Waals surface area contributed by atoms with Gasteiger partial charge >= 0.3 is 0 Å². The Hall–Kier alpha value is -2.08. The molecule has 1 fully saturated rings. The SMILES string of the molecule is CC(N1CCOCC1)n1c(S(N)(=O)=O)nc2c([N+](=O)[O-])cccc21. The van der Waals surface area contributed by atoms with Crippen LogP contribution in [0.1, 0.15) is 13.1 Å². The minimum Gasteiger partial charge on any atom is -0.379 e. The molecule has 1 aromatic carbocycles. The molecule has 2 aromatic rings. The van der Waals surface area contributed by atoms with Crippen molar-refractivity contribution in [2.45, 2.75) is 18.2 Å². The van der Waals surface area contributed by atoms with Crippen LogP contribution in [0.3, 0.4) is 0 Å². The third kappa shape index (κ3) is 2.86. The van der Waals surface area contributed by atoms with Crippen LogP contribution < -0.4 is 5.14 Å². The second kappa shape index (κ2) is 6.09. The lowest BCUT2D eigenvalue weighted by molar-refractivity contribution is -0.383. The fourth-order valence-corrected chi connectivity index (χ4v) is 3.65. The summed E-state index contributed by atoms with van der Waals surface area (Å²) in [7, 11) is -4.15. The molecule has 0 bridgehead atoms. The largest absolute Gasteiger partial charge is 0.379 e. The fraction of sp³-hybridized carbons (Fsp3) is 0.462. The number of hydrogen-bond acceptors (Lipinski definition) is 7. The number of fused-ring (bicyclic) bond motifs is 1. The summed E-state index contributed by atoms with van der Waals surface area (Å²) < 4.78 is 30.7. The molecular weight excluding hydrogens is 338 g/mol. The molecule has 0 spiro atoms. The third-order valence-electron chi connectivity index (χ3n) is 4.07. The first-order valence-corrected chi connectivity index (χ1v) is 8.85. The zero-order valence-electron chi connectivity index (χ0n) is 13.0. The van der Waals surface area contributed by atoms with Crippen molar-refractivity contribution in [2.75, 3.05) is 26.3 Å².